The molecule has 2 aromatic carbocycles. The minimum Gasteiger partial charge on any atom is -0.125 e. The highest BCUT2D eigenvalue weighted by Crippen LogP contribution is 2.45. The van der Waals surface area contributed by atoms with Crippen molar-refractivity contribution < 1.29 is 0 Å². The summed E-state index contributed by atoms with van der Waals surface area (Å²) in [6, 6.07) is 17.7. The maximum absolute atomic E-state index is 2.40. The van der Waals surface area contributed by atoms with Gasteiger partial charge in [0.15, 0.2) is 0 Å². The van der Waals surface area contributed by atoms with Gasteiger partial charge in [-0.25, -0.2) is 0 Å². The van der Waals surface area contributed by atoms with Gasteiger partial charge < -0.3 is 0 Å². The van der Waals surface area contributed by atoms with Crippen molar-refractivity contribution in [1.29, 1.82) is 0 Å². The molecule has 98 valence electrons. The lowest BCUT2D eigenvalue weighted by molar-refractivity contribution is 0.617. The van der Waals surface area contributed by atoms with Crippen LogP contribution >= 0.6 is 23.5 Å². The fourth-order valence-electron chi connectivity index (χ4n) is 2.40. The zero-order chi connectivity index (χ0) is 13.3. The molecule has 3 rings (SSSR count). The summed E-state index contributed by atoms with van der Waals surface area (Å²) in [5, 5.41) is 0. The van der Waals surface area contributed by atoms with Gasteiger partial charge in [0.1, 0.15) is 0 Å². The van der Waals surface area contributed by atoms with Gasteiger partial charge >= 0.3 is 0 Å². The zero-order valence-corrected chi connectivity index (χ0v) is 13.0. The zero-order valence-electron chi connectivity index (χ0n) is 11.3. The van der Waals surface area contributed by atoms with E-state index in [1.807, 2.05) is 23.5 Å². The van der Waals surface area contributed by atoms with Gasteiger partial charge in [0.2, 0.25) is 0 Å². The number of thioether (sulfide) groups is 2. The van der Waals surface area contributed by atoms with E-state index in [4.69, 9.17) is 0 Å². The predicted octanol–water partition coefficient (Wildman–Crippen LogP) is 5.15. The van der Waals surface area contributed by atoms with Crippen LogP contribution in [0.15, 0.2) is 58.3 Å². The first-order valence-corrected chi connectivity index (χ1v) is 8.56. The molecule has 0 bridgehead atoms. The highest BCUT2D eigenvalue weighted by molar-refractivity contribution is 8.00. The normalized spacial score (nSPS) is 21.4. The Kier molecular flexibility index (Phi) is 3.64. The smallest absolute Gasteiger partial charge is 0.0124 e. The number of rotatable bonds is 3. The Balaban J connectivity index is 1.75. The second-order valence-corrected chi connectivity index (χ2v) is 7.51. The van der Waals surface area contributed by atoms with Crippen molar-refractivity contribution >= 4 is 23.5 Å². The Morgan fingerprint density at radius 2 is 1.84 bits per heavy atom. The predicted molar refractivity (Wildman–Crippen MR) is 86.4 cm³/mol. The average molecular weight is 286 g/mol. The Morgan fingerprint density at radius 3 is 2.63 bits per heavy atom. The van der Waals surface area contributed by atoms with Crippen molar-refractivity contribution in [1.82, 2.24) is 0 Å². The summed E-state index contributed by atoms with van der Waals surface area (Å²) < 4.78 is 0. The molecule has 1 aliphatic rings. The van der Waals surface area contributed by atoms with Gasteiger partial charge in [0.25, 0.3) is 0 Å². The largest absolute Gasteiger partial charge is 0.125 e. The lowest BCUT2D eigenvalue weighted by Crippen LogP contribution is -2.24. The molecule has 0 amide bonds. The van der Waals surface area contributed by atoms with Gasteiger partial charge in [-0.15, -0.1) is 23.5 Å². The molecule has 0 nitrogen and oxygen atoms in total. The molecule has 1 unspecified atom stereocenters. The summed E-state index contributed by atoms with van der Waals surface area (Å²) in [4.78, 5) is 2.84. The van der Waals surface area contributed by atoms with Crippen LogP contribution in [0.3, 0.4) is 0 Å². The summed E-state index contributed by atoms with van der Waals surface area (Å²) >= 11 is 3.97. The first-order valence-electron chi connectivity index (χ1n) is 6.59. The van der Waals surface area contributed by atoms with E-state index in [0.29, 0.717) is 5.41 Å². The summed E-state index contributed by atoms with van der Waals surface area (Å²) in [7, 11) is 0. The molecule has 0 N–H and O–H groups in total. The molecule has 0 spiro atoms. The maximum Gasteiger partial charge on any atom is 0.0124 e. The second-order valence-electron chi connectivity index (χ2n) is 5.45. The molecule has 2 heteroatoms. The Morgan fingerprint density at radius 1 is 1.11 bits per heavy atom. The quantitative estimate of drug-likeness (QED) is 0.716. The lowest BCUT2D eigenvalue weighted by Gasteiger charge is -2.24. The van der Waals surface area contributed by atoms with E-state index in [9.17, 15) is 0 Å². The number of hydrogen-bond acceptors (Lipinski definition) is 2. The maximum atomic E-state index is 2.40. The first kappa shape index (κ1) is 13.1. The van der Waals surface area contributed by atoms with Crippen molar-refractivity contribution in [2.75, 3.05) is 11.5 Å². The van der Waals surface area contributed by atoms with E-state index >= 15 is 0 Å². The van der Waals surface area contributed by atoms with Crippen LogP contribution in [0.2, 0.25) is 0 Å². The van der Waals surface area contributed by atoms with Gasteiger partial charge in [-0.1, -0.05) is 42.8 Å². The Bertz CT molecular complexity index is 574. The average Bonchev–Trinajstić information content (AvgIpc) is 2.77. The molecule has 0 saturated heterocycles. The van der Waals surface area contributed by atoms with E-state index in [2.05, 4.69) is 62.4 Å². The van der Waals surface area contributed by atoms with Crippen LogP contribution in [0.5, 0.6) is 0 Å². The standard InChI is InChI=1S/C17H18S2/c1-13-7-9-14(10-8-13)18-11-17(2)12-19-16-6-4-3-5-15(16)17/h3-10H,11-12H2,1-2H3. The lowest BCUT2D eigenvalue weighted by atomic mass is 9.87. The molecule has 19 heavy (non-hydrogen) atoms. The summed E-state index contributed by atoms with van der Waals surface area (Å²) in [6.07, 6.45) is 0. The highest BCUT2D eigenvalue weighted by Gasteiger charge is 2.34. The molecule has 1 atom stereocenters. The van der Waals surface area contributed by atoms with Crippen molar-refractivity contribution in [3.8, 4) is 0 Å². The SMILES string of the molecule is Cc1ccc(SCC2(C)CSc3ccccc32)cc1. The van der Waals surface area contributed by atoms with Gasteiger partial charge in [0, 0.05) is 26.7 Å². The van der Waals surface area contributed by atoms with Crippen LogP contribution in [0.25, 0.3) is 0 Å². The molecule has 0 radical (unpaired) electrons. The van der Waals surface area contributed by atoms with Crippen molar-refractivity contribution in [3.05, 3.63) is 59.7 Å². The third-order valence-electron chi connectivity index (χ3n) is 3.66. The van der Waals surface area contributed by atoms with E-state index in [1.54, 1.807) is 0 Å². The van der Waals surface area contributed by atoms with Gasteiger partial charge in [0.05, 0.1) is 0 Å². The third-order valence-corrected chi connectivity index (χ3v) is 6.50. The fourth-order valence-corrected chi connectivity index (χ4v) is 4.98. The van der Waals surface area contributed by atoms with Crippen LogP contribution in [0.4, 0.5) is 0 Å². The van der Waals surface area contributed by atoms with E-state index in [1.165, 1.54) is 26.7 Å². The fraction of sp³-hybridized carbons (Fsp3) is 0.294. The van der Waals surface area contributed by atoms with E-state index in [-0.39, 0.29) is 0 Å². The topological polar surface area (TPSA) is 0 Å². The Labute approximate surface area is 124 Å². The van der Waals surface area contributed by atoms with Gasteiger partial charge in [-0.05, 0) is 30.7 Å². The van der Waals surface area contributed by atoms with Crippen molar-refractivity contribution in [2.24, 2.45) is 0 Å². The molecular weight excluding hydrogens is 268 g/mol. The number of hydrogen-bond donors (Lipinski definition) is 0. The number of aryl methyl sites for hydroxylation is 1. The van der Waals surface area contributed by atoms with Crippen LogP contribution in [0, 0.1) is 6.92 Å². The monoisotopic (exact) mass is 286 g/mol. The van der Waals surface area contributed by atoms with E-state index in [0.717, 1.165) is 5.75 Å². The van der Waals surface area contributed by atoms with Crippen LogP contribution < -0.4 is 0 Å². The molecule has 1 aliphatic heterocycles. The van der Waals surface area contributed by atoms with E-state index < -0.39 is 0 Å². The summed E-state index contributed by atoms with van der Waals surface area (Å²) in [6.45, 7) is 4.53. The third kappa shape index (κ3) is 2.70. The van der Waals surface area contributed by atoms with Gasteiger partial charge in [-0.3, -0.25) is 0 Å². The highest BCUT2D eigenvalue weighted by atomic mass is 32.2. The molecule has 0 saturated carbocycles. The number of benzene rings is 2. The van der Waals surface area contributed by atoms with Crippen molar-refractivity contribution in [2.45, 2.75) is 29.1 Å². The van der Waals surface area contributed by atoms with Crippen LogP contribution in [0.1, 0.15) is 18.1 Å². The second kappa shape index (κ2) is 5.26. The van der Waals surface area contributed by atoms with Gasteiger partial charge in [-0.2, -0.15) is 0 Å². The molecule has 2 aromatic rings. The first-order chi connectivity index (χ1) is 9.17. The summed E-state index contributed by atoms with van der Waals surface area (Å²) in [5.41, 5.74) is 3.16. The summed E-state index contributed by atoms with van der Waals surface area (Å²) in [5.74, 6) is 2.35. The van der Waals surface area contributed by atoms with Crippen LogP contribution in [-0.2, 0) is 5.41 Å². The minimum absolute atomic E-state index is 0.302. The molecular formula is C17H18S2. The molecule has 1 heterocycles. The molecule has 0 aromatic heterocycles. The number of fused-ring (bicyclic) bond motifs is 1. The molecule has 0 fully saturated rings. The molecule has 0 aliphatic carbocycles. The minimum atomic E-state index is 0.302. The van der Waals surface area contributed by atoms with Crippen molar-refractivity contribution in [3.63, 3.8) is 0 Å². The van der Waals surface area contributed by atoms with Crippen LogP contribution in [-0.4, -0.2) is 11.5 Å². The Hall–Kier alpha value is -0.860.